The third-order valence-electron chi connectivity index (χ3n) is 9.13. The van der Waals surface area contributed by atoms with Crippen molar-refractivity contribution in [2.24, 2.45) is 0 Å². The highest BCUT2D eigenvalue weighted by atomic mass is 16.4. The number of benzene rings is 6. The van der Waals surface area contributed by atoms with Gasteiger partial charge in [-0.05, 0) is 65.7 Å². The minimum absolute atomic E-state index is 0.00775. The summed E-state index contributed by atoms with van der Waals surface area (Å²) in [6.45, 7) is 0. The van der Waals surface area contributed by atoms with Gasteiger partial charge in [0.2, 0.25) is 16.6 Å². The average molecular weight is 827 g/mol. The summed E-state index contributed by atoms with van der Waals surface area (Å²) in [6, 6.07) is 24.7. The van der Waals surface area contributed by atoms with Crippen molar-refractivity contribution >= 4 is 32.9 Å². The molecule has 0 aliphatic rings. The molecule has 0 aliphatic heterocycles. The second-order valence-electron chi connectivity index (χ2n) is 13.2. The normalized spacial score (nSPS) is 10.8. The van der Waals surface area contributed by atoms with Crippen LogP contribution in [0.2, 0.25) is 0 Å². The fourth-order valence-corrected chi connectivity index (χ4v) is 6.15. The van der Waals surface area contributed by atoms with Crippen molar-refractivity contribution in [3.05, 3.63) is 152 Å². The topological polar surface area (TPSA) is 293 Å². The van der Waals surface area contributed by atoms with Gasteiger partial charge in [-0.3, -0.25) is 14.4 Å². The molecule has 0 saturated heterocycles. The molecular formula is C45H30O16. The third-order valence-corrected chi connectivity index (χ3v) is 9.13. The van der Waals surface area contributed by atoms with E-state index < -0.39 is 28.1 Å². The first kappa shape index (κ1) is 40.2. The second-order valence-corrected chi connectivity index (χ2v) is 13.2. The molecule has 10 N–H and O–H groups in total. The fourth-order valence-electron chi connectivity index (χ4n) is 6.15. The van der Waals surface area contributed by atoms with Crippen molar-refractivity contribution in [1.82, 2.24) is 0 Å². The Bertz CT molecular complexity index is 3310. The summed E-state index contributed by atoms with van der Waals surface area (Å²) in [6.07, 6.45) is 2.62. The van der Waals surface area contributed by atoms with Crippen molar-refractivity contribution in [1.29, 1.82) is 0 Å². The van der Waals surface area contributed by atoms with Crippen molar-refractivity contribution < 1.29 is 64.3 Å². The molecule has 0 unspecified atom stereocenters. The number of hydrogen-bond acceptors (Lipinski definition) is 16. The van der Waals surface area contributed by atoms with Crippen molar-refractivity contribution in [2.45, 2.75) is 0 Å². The molecule has 0 saturated carbocycles. The van der Waals surface area contributed by atoms with E-state index in [4.69, 9.17) is 13.3 Å². The maximum absolute atomic E-state index is 12.4. The highest BCUT2D eigenvalue weighted by molar-refractivity contribution is 5.89. The summed E-state index contributed by atoms with van der Waals surface area (Å²) in [5.74, 6) is -2.96. The quantitative estimate of drug-likeness (QED) is 0.0774. The standard InChI is InChI=1S/C15H10O7.C15H10O5.C15H10O4/c16-7-4-10(19)12-11(5-7)22-15(14(21)13(12)20)6-1-2-8(17)9(18)3-6;16-9-3-1-8(2-4-9)11-7-20-13-6-10(17)5-12(18)14(13)15(11)19;16-10-3-1-9(2-4-10)13-8-19-14-7-11(17)5-6-12(14)15(13)18/h1-5,16-19,21H;1-7,16-18H;1-8,16-17H. The van der Waals surface area contributed by atoms with Crippen LogP contribution in [-0.4, -0.2) is 51.1 Å². The monoisotopic (exact) mass is 826 g/mol. The Morgan fingerprint density at radius 1 is 0.361 bits per heavy atom. The molecule has 0 aliphatic carbocycles. The molecule has 0 spiro atoms. The largest absolute Gasteiger partial charge is 0.508 e. The Labute approximate surface area is 340 Å². The van der Waals surface area contributed by atoms with E-state index in [1.54, 1.807) is 24.3 Å². The molecule has 9 aromatic rings. The Hall–Kier alpha value is -9.05. The van der Waals surface area contributed by atoms with E-state index >= 15 is 0 Å². The van der Waals surface area contributed by atoms with Gasteiger partial charge in [-0.2, -0.15) is 0 Å². The van der Waals surface area contributed by atoms with E-state index in [1.165, 1.54) is 67.1 Å². The fraction of sp³-hybridized carbons (Fsp3) is 0. The number of hydrogen-bond donors (Lipinski definition) is 10. The molecule has 0 amide bonds. The Balaban J connectivity index is 0.000000138. The Morgan fingerprint density at radius 3 is 1.41 bits per heavy atom. The maximum atomic E-state index is 12.4. The first-order valence-corrected chi connectivity index (χ1v) is 17.6. The van der Waals surface area contributed by atoms with Gasteiger partial charge in [0.15, 0.2) is 22.7 Å². The predicted molar refractivity (Wildman–Crippen MR) is 220 cm³/mol. The van der Waals surface area contributed by atoms with E-state index in [-0.39, 0.29) is 84.5 Å². The zero-order chi connectivity index (χ0) is 43.7. The average Bonchev–Trinajstić information content (AvgIpc) is 3.21. The highest BCUT2D eigenvalue weighted by Crippen LogP contribution is 2.38. The SMILES string of the molecule is O=c1c(-c2ccc(O)cc2)coc2cc(O)cc(O)c12.O=c1c(-c2ccc(O)cc2)coc2cc(O)ccc12.O=c1c(O)c(-c2ccc(O)c(O)c2)oc2cc(O)cc(O)c12. The lowest BCUT2D eigenvalue weighted by Crippen LogP contribution is -2.04. The lowest BCUT2D eigenvalue weighted by molar-refractivity contribution is 0.403. The molecule has 9 rings (SSSR count). The summed E-state index contributed by atoms with van der Waals surface area (Å²) in [7, 11) is 0. The number of rotatable bonds is 3. The lowest BCUT2D eigenvalue weighted by Gasteiger charge is -2.08. The van der Waals surface area contributed by atoms with Gasteiger partial charge in [0.05, 0.1) is 16.5 Å². The summed E-state index contributed by atoms with van der Waals surface area (Å²) >= 11 is 0. The van der Waals surface area contributed by atoms with Crippen LogP contribution in [-0.2, 0) is 0 Å². The van der Waals surface area contributed by atoms with Crippen LogP contribution in [0.5, 0.6) is 57.5 Å². The van der Waals surface area contributed by atoms with Crippen LogP contribution in [0.1, 0.15) is 0 Å². The predicted octanol–water partition coefficient (Wildman–Crippen LogP) is 7.44. The van der Waals surface area contributed by atoms with Crippen LogP contribution in [0.15, 0.2) is 149 Å². The second kappa shape index (κ2) is 16.1. The smallest absolute Gasteiger partial charge is 0.238 e. The van der Waals surface area contributed by atoms with E-state index in [1.807, 2.05) is 0 Å². The van der Waals surface area contributed by atoms with Gasteiger partial charge >= 0.3 is 0 Å². The van der Waals surface area contributed by atoms with Gasteiger partial charge in [0.1, 0.15) is 80.3 Å². The number of phenolic OH excluding ortho intramolecular Hbond substituents is 9. The summed E-state index contributed by atoms with van der Waals surface area (Å²) in [5, 5.41) is 95.0. The van der Waals surface area contributed by atoms with E-state index in [0.717, 1.165) is 30.3 Å². The van der Waals surface area contributed by atoms with Crippen LogP contribution in [0.3, 0.4) is 0 Å². The number of fused-ring (bicyclic) bond motifs is 3. The molecule has 306 valence electrons. The van der Waals surface area contributed by atoms with Crippen LogP contribution < -0.4 is 16.3 Å². The third kappa shape index (κ3) is 8.08. The molecule has 0 atom stereocenters. The number of aromatic hydroxyl groups is 10. The molecule has 3 heterocycles. The van der Waals surface area contributed by atoms with Gasteiger partial charge < -0.3 is 64.3 Å². The van der Waals surface area contributed by atoms with Crippen LogP contribution in [0, 0.1) is 0 Å². The zero-order valence-electron chi connectivity index (χ0n) is 31.0. The van der Waals surface area contributed by atoms with Gasteiger partial charge in [-0.1, -0.05) is 24.3 Å². The van der Waals surface area contributed by atoms with Crippen LogP contribution in [0.4, 0.5) is 0 Å². The summed E-state index contributed by atoms with van der Waals surface area (Å²) < 4.78 is 16.0. The first-order chi connectivity index (χ1) is 29.1. The summed E-state index contributed by atoms with van der Waals surface area (Å²) in [4.78, 5) is 36.8. The van der Waals surface area contributed by atoms with Crippen molar-refractivity contribution in [3.63, 3.8) is 0 Å². The Morgan fingerprint density at radius 2 is 0.836 bits per heavy atom. The van der Waals surface area contributed by atoms with Crippen LogP contribution in [0.25, 0.3) is 66.5 Å². The zero-order valence-corrected chi connectivity index (χ0v) is 31.0. The van der Waals surface area contributed by atoms with E-state index in [9.17, 15) is 65.4 Å². The molecule has 0 radical (unpaired) electrons. The molecule has 16 nitrogen and oxygen atoms in total. The first-order valence-electron chi connectivity index (χ1n) is 17.6. The van der Waals surface area contributed by atoms with Gasteiger partial charge in [-0.25, -0.2) is 0 Å². The molecule has 0 bridgehead atoms. The minimum atomic E-state index is -0.888. The maximum Gasteiger partial charge on any atom is 0.238 e. The Kier molecular flexibility index (Phi) is 10.6. The van der Waals surface area contributed by atoms with E-state index in [0.29, 0.717) is 27.7 Å². The van der Waals surface area contributed by atoms with E-state index in [2.05, 4.69) is 0 Å². The summed E-state index contributed by atoms with van der Waals surface area (Å²) in [5.41, 5.74) is 0.881. The van der Waals surface area contributed by atoms with Gasteiger partial charge in [-0.15, -0.1) is 0 Å². The molecule has 61 heavy (non-hydrogen) atoms. The number of phenols is 9. The van der Waals surface area contributed by atoms with Crippen molar-refractivity contribution in [2.75, 3.05) is 0 Å². The molecule has 0 fully saturated rings. The molecule has 6 aromatic carbocycles. The van der Waals surface area contributed by atoms with Gasteiger partial charge in [0, 0.05) is 35.9 Å². The van der Waals surface area contributed by atoms with Crippen LogP contribution >= 0.6 is 0 Å². The minimum Gasteiger partial charge on any atom is -0.508 e. The molecular weight excluding hydrogens is 796 g/mol. The van der Waals surface area contributed by atoms with Gasteiger partial charge in [0.25, 0.3) is 0 Å². The molecule has 16 heteroatoms. The van der Waals surface area contributed by atoms with Crippen molar-refractivity contribution in [3.8, 4) is 91.1 Å². The highest BCUT2D eigenvalue weighted by Gasteiger charge is 2.20. The molecule has 3 aromatic heterocycles. The lowest BCUT2D eigenvalue weighted by atomic mass is 10.0.